The molecule has 57 heavy (non-hydrogen) atoms. The summed E-state index contributed by atoms with van der Waals surface area (Å²) in [6, 6.07) is 0. The lowest BCUT2D eigenvalue weighted by Crippen LogP contribution is -2.30. The van der Waals surface area contributed by atoms with Gasteiger partial charge in [0, 0.05) is 19.3 Å². The van der Waals surface area contributed by atoms with Gasteiger partial charge in [0.1, 0.15) is 13.2 Å². The molecule has 0 fully saturated rings. The van der Waals surface area contributed by atoms with Crippen molar-refractivity contribution in [2.75, 3.05) is 13.2 Å². The first-order valence-corrected chi connectivity index (χ1v) is 25.4. The number of carbonyl (C=O) groups excluding carboxylic acids is 3. The van der Waals surface area contributed by atoms with Gasteiger partial charge in [-0.1, -0.05) is 246 Å². The third-order valence-corrected chi connectivity index (χ3v) is 11.9. The molecule has 6 nitrogen and oxygen atoms in total. The lowest BCUT2D eigenvalue weighted by Gasteiger charge is -2.18. The number of hydrogen-bond acceptors (Lipinski definition) is 6. The van der Waals surface area contributed by atoms with E-state index >= 15 is 0 Å². The summed E-state index contributed by atoms with van der Waals surface area (Å²) in [5.41, 5.74) is 0. The Morgan fingerprint density at radius 2 is 0.614 bits per heavy atom. The van der Waals surface area contributed by atoms with Gasteiger partial charge in [-0.15, -0.1) is 0 Å². The van der Waals surface area contributed by atoms with E-state index in [1.165, 1.54) is 180 Å². The SMILES string of the molecule is CCCCCCCCCCCCCCC(=O)O[C@H](COC(=O)CCCCCCCCCCC)COC(=O)CCCCCCCCCCCCCCCCC(C)CC. The van der Waals surface area contributed by atoms with Crippen LogP contribution < -0.4 is 0 Å². The molecule has 0 aliphatic rings. The van der Waals surface area contributed by atoms with Crippen molar-refractivity contribution in [3.63, 3.8) is 0 Å². The van der Waals surface area contributed by atoms with E-state index in [2.05, 4.69) is 27.7 Å². The lowest BCUT2D eigenvalue weighted by molar-refractivity contribution is -0.167. The van der Waals surface area contributed by atoms with E-state index in [9.17, 15) is 14.4 Å². The summed E-state index contributed by atoms with van der Waals surface area (Å²) in [5.74, 6) is 0.0472. The Morgan fingerprint density at radius 1 is 0.351 bits per heavy atom. The minimum Gasteiger partial charge on any atom is -0.462 e. The minimum atomic E-state index is -0.759. The predicted molar refractivity (Wildman–Crippen MR) is 243 cm³/mol. The van der Waals surface area contributed by atoms with Gasteiger partial charge >= 0.3 is 17.9 Å². The van der Waals surface area contributed by atoms with E-state index < -0.39 is 6.10 Å². The van der Waals surface area contributed by atoms with Crippen LogP contribution in [0.3, 0.4) is 0 Å². The molecule has 0 aromatic rings. The Balaban J connectivity index is 4.23. The average Bonchev–Trinajstić information content (AvgIpc) is 3.21. The first-order chi connectivity index (χ1) is 27.9. The fourth-order valence-electron chi connectivity index (χ4n) is 7.66. The summed E-state index contributed by atoms with van der Waals surface area (Å²) in [5, 5.41) is 0. The molecule has 0 aromatic heterocycles. The van der Waals surface area contributed by atoms with Crippen LogP contribution in [0.5, 0.6) is 0 Å². The zero-order valence-electron chi connectivity index (χ0n) is 38.8. The smallest absolute Gasteiger partial charge is 0.306 e. The molecule has 338 valence electrons. The third-order valence-electron chi connectivity index (χ3n) is 11.9. The molecule has 0 radical (unpaired) electrons. The maximum atomic E-state index is 12.7. The Morgan fingerprint density at radius 3 is 0.912 bits per heavy atom. The molecule has 0 aliphatic heterocycles. The zero-order chi connectivity index (χ0) is 41.7. The van der Waals surface area contributed by atoms with Crippen molar-refractivity contribution in [1.29, 1.82) is 0 Å². The molecule has 0 aliphatic carbocycles. The Bertz CT molecular complexity index is 859. The van der Waals surface area contributed by atoms with Gasteiger partial charge in [0.05, 0.1) is 0 Å². The molecular formula is C51H98O6. The Labute approximate surface area is 355 Å². The third kappa shape index (κ3) is 43.8. The van der Waals surface area contributed by atoms with Crippen LogP contribution in [0.1, 0.15) is 285 Å². The summed E-state index contributed by atoms with van der Waals surface area (Å²) in [7, 11) is 0. The van der Waals surface area contributed by atoms with Crippen LogP contribution in [0.15, 0.2) is 0 Å². The van der Waals surface area contributed by atoms with Crippen LogP contribution in [-0.4, -0.2) is 37.2 Å². The first kappa shape index (κ1) is 55.4. The van der Waals surface area contributed by atoms with Crippen molar-refractivity contribution < 1.29 is 28.6 Å². The highest BCUT2D eigenvalue weighted by Crippen LogP contribution is 2.17. The van der Waals surface area contributed by atoms with E-state index in [1.807, 2.05) is 0 Å². The van der Waals surface area contributed by atoms with Gasteiger partial charge in [-0.3, -0.25) is 14.4 Å². The molecular weight excluding hydrogens is 709 g/mol. The molecule has 0 saturated carbocycles. The molecule has 0 heterocycles. The predicted octanol–water partition coefficient (Wildman–Crippen LogP) is 16.3. The van der Waals surface area contributed by atoms with E-state index in [4.69, 9.17) is 14.2 Å². The number of carbonyl (C=O) groups is 3. The molecule has 0 spiro atoms. The second kappa shape index (κ2) is 45.5. The molecule has 0 rings (SSSR count). The molecule has 0 aromatic carbocycles. The van der Waals surface area contributed by atoms with Crippen LogP contribution in [-0.2, 0) is 28.6 Å². The van der Waals surface area contributed by atoms with Gasteiger partial charge in [-0.25, -0.2) is 0 Å². The zero-order valence-corrected chi connectivity index (χ0v) is 38.8. The van der Waals surface area contributed by atoms with E-state index in [0.717, 1.165) is 63.7 Å². The van der Waals surface area contributed by atoms with Crippen LogP contribution >= 0.6 is 0 Å². The fourth-order valence-corrected chi connectivity index (χ4v) is 7.66. The molecule has 0 bridgehead atoms. The number of rotatable bonds is 46. The van der Waals surface area contributed by atoms with Gasteiger partial charge in [-0.2, -0.15) is 0 Å². The Kier molecular flexibility index (Phi) is 44.2. The minimum absolute atomic E-state index is 0.0629. The largest absolute Gasteiger partial charge is 0.462 e. The number of ether oxygens (including phenoxy) is 3. The van der Waals surface area contributed by atoms with Crippen molar-refractivity contribution in [1.82, 2.24) is 0 Å². The molecule has 0 saturated heterocycles. The highest BCUT2D eigenvalue weighted by Gasteiger charge is 2.19. The van der Waals surface area contributed by atoms with Crippen molar-refractivity contribution in [2.24, 2.45) is 5.92 Å². The topological polar surface area (TPSA) is 78.9 Å². The van der Waals surface area contributed by atoms with Crippen molar-refractivity contribution in [3.05, 3.63) is 0 Å². The maximum Gasteiger partial charge on any atom is 0.306 e. The van der Waals surface area contributed by atoms with Crippen molar-refractivity contribution >= 4 is 17.9 Å². The second-order valence-corrected chi connectivity index (χ2v) is 17.7. The summed E-state index contributed by atoms with van der Waals surface area (Å²) in [4.78, 5) is 37.8. The highest BCUT2D eigenvalue weighted by molar-refractivity contribution is 5.71. The monoisotopic (exact) mass is 807 g/mol. The van der Waals surface area contributed by atoms with Crippen LogP contribution in [0.25, 0.3) is 0 Å². The standard InChI is InChI=1S/C51H98O6/c1-5-8-10-12-14-16-17-23-28-32-36-40-44-51(54)57-48(45-55-49(52)42-38-34-30-25-15-13-11-9-6-2)46-56-50(53)43-39-35-31-27-24-21-19-18-20-22-26-29-33-37-41-47(4)7-3/h47-48H,5-46H2,1-4H3/t47?,48-/m1/s1. The average molecular weight is 807 g/mol. The normalized spacial score (nSPS) is 12.4. The number of esters is 3. The second-order valence-electron chi connectivity index (χ2n) is 17.7. The summed E-state index contributed by atoms with van der Waals surface area (Å²) in [6.45, 7) is 9.04. The van der Waals surface area contributed by atoms with Crippen LogP contribution in [0.2, 0.25) is 0 Å². The van der Waals surface area contributed by atoms with Crippen molar-refractivity contribution in [3.8, 4) is 0 Å². The van der Waals surface area contributed by atoms with Gasteiger partial charge in [0.25, 0.3) is 0 Å². The molecule has 2 atom stereocenters. The lowest BCUT2D eigenvalue weighted by atomic mass is 9.99. The number of unbranched alkanes of at least 4 members (excludes halogenated alkanes) is 32. The number of hydrogen-bond donors (Lipinski definition) is 0. The Hall–Kier alpha value is -1.59. The fraction of sp³-hybridized carbons (Fsp3) is 0.941. The first-order valence-electron chi connectivity index (χ1n) is 25.4. The summed E-state index contributed by atoms with van der Waals surface area (Å²) >= 11 is 0. The van der Waals surface area contributed by atoms with Crippen LogP contribution in [0, 0.1) is 5.92 Å². The summed E-state index contributed by atoms with van der Waals surface area (Å²) < 4.78 is 16.8. The summed E-state index contributed by atoms with van der Waals surface area (Å²) in [6.07, 6.45) is 46.5. The van der Waals surface area contributed by atoms with Gasteiger partial charge in [0.15, 0.2) is 6.10 Å². The quantitative estimate of drug-likeness (QED) is 0.0346. The van der Waals surface area contributed by atoms with E-state index in [-0.39, 0.29) is 31.1 Å². The van der Waals surface area contributed by atoms with Crippen molar-refractivity contribution in [2.45, 2.75) is 291 Å². The molecule has 0 amide bonds. The molecule has 1 unspecified atom stereocenters. The van der Waals surface area contributed by atoms with Gasteiger partial charge in [0.2, 0.25) is 0 Å². The van der Waals surface area contributed by atoms with Crippen LogP contribution in [0.4, 0.5) is 0 Å². The van der Waals surface area contributed by atoms with E-state index in [1.54, 1.807) is 0 Å². The molecule has 6 heteroatoms. The maximum absolute atomic E-state index is 12.7. The van der Waals surface area contributed by atoms with E-state index in [0.29, 0.717) is 19.3 Å². The molecule has 0 N–H and O–H groups in total. The van der Waals surface area contributed by atoms with Gasteiger partial charge < -0.3 is 14.2 Å². The van der Waals surface area contributed by atoms with Gasteiger partial charge in [-0.05, 0) is 25.2 Å². The highest BCUT2D eigenvalue weighted by atomic mass is 16.6.